The van der Waals surface area contributed by atoms with Gasteiger partial charge in [0.2, 0.25) is 11.6 Å². The van der Waals surface area contributed by atoms with Gasteiger partial charge in [0, 0.05) is 20.5 Å². The zero-order valence-corrected chi connectivity index (χ0v) is 12.1. The van der Waals surface area contributed by atoms with Gasteiger partial charge in [-0.25, -0.2) is 0 Å². The van der Waals surface area contributed by atoms with Crippen molar-refractivity contribution in [3.05, 3.63) is 15.9 Å². The van der Waals surface area contributed by atoms with E-state index in [2.05, 4.69) is 10.3 Å². The zero-order chi connectivity index (χ0) is 15.5. The Labute approximate surface area is 117 Å². The normalized spacial score (nSPS) is 11.4. The molecule has 0 aliphatic rings. The second-order valence-electron chi connectivity index (χ2n) is 4.79. The molecule has 1 aromatic rings. The van der Waals surface area contributed by atoms with E-state index in [1.165, 1.54) is 0 Å². The van der Waals surface area contributed by atoms with Crippen LogP contribution in [0.25, 0.3) is 0 Å². The first-order chi connectivity index (χ1) is 9.29. The number of aromatic nitrogens is 2. The molecule has 0 atom stereocenters. The van der Waals surface area contributed by atoms with E-state index in [9.17, 15) is 20.0 Å². The Bertz CT molecular complexity index is 520. The number of carboxylic acid groups (broad SMARTS) is 1. The number of nitrogens with one attached hydrogen (secondary N) is 1. The van der Waals surface area contributed by atoms with Crippen molar-refractivity contribution in [2.75, 3.05) is 11.9 Å². The van der Waals surface area contributed by atoms with Crippen molar-refractivity contribution < 1.29 is 14.8 Å². The van der Waals surface area contributed by atoms with E-state index in [0.29, 0.717) is 18.7 Å². The van der Waals surface area contributed by atoms with Crippen molar-refractivity contribution >= 4 is 17.6 Å². The number of carboxylic acids is 1. The van der Waals surface area contributed by atoms with Crippen LogP contribution in [0.4, 0.5) is 11.6 Å². The Morgan fingerprint density at radius 1 is 1.50 bits per heavy atom. The highest BCUT2D eigenvalue weighted by Gasteiger charge is 2.36. The Hall–Kier alpha value is -2.12. The highest BCUT2D eigenvalue weighted by molar-refractivity contribution is 5.75. The van der Waals surface area contributed by atoms with Gasteiger partial charge in [-0.05, 0) is 22.7 Å². The molecular weight excluding hydrogens is 264 g/mol. The molecule has 112 valence electrons. The van der Waals surface area contributed by atoms with Crippen LogP contribution in [0.1, 0.15) is 32.5 Å². The molecular formula is C12H20N4O4. The Balaban J connectivity index is 3.05. The molecule has 1 rings (SSSR count). The van der Waals surface area contributed by atoms with E-state index < -0.39 is 16.3 Å². The number of hydrogen-bond acceptors (Lipinski definition) is 5. The average molecular weight is 284 g/mol. The lowest BCUT2D eigenvalue weighted by molar-refractivity contribution is -0.388. The van der Waals surface area contributed by atoms with Gasteiger partial charge in [0.15, 0.2) is 0 Å². The molecule has 20 heavy (non-hydrogen) atoms. The molecule has 0 saturated carbocycles. The smallest absolute Gasteiger partial charge is 0.406 e. The lowest BCUT2D eigenvalue weighted by Gasteiger charge is -2.27. The molecule has 0 saturated heterocycles. The third-order valence-corrected chi connectivity index (χ3v) is 3.87. The van der Waals surface area contributed by atoms with E-state index in [1.54, 1.807) is 32.4 Å². The first-order valence-corrected chi connectivity index (χ1v) is 6.44. The fraction of sp³-hybridized carbons (Fsp3) is 0.667. The highest BCUT2D eigenvalue weighted by atomic mass is 16.6. The number of aryl methyl sites for hydroxylation is 1. The molecule has 0 aliphatic carbocycles. The van der Waals surface area contributed by atoms with Crippen molar-refractivity contribution in [1.82, 2.24) is 9.55 Å². The summed E-state index contributed by atoms with van der Waals surface area (Å²) in [6, 6.07) is 0. The summed E-state index contributed by atoms with van der Waals surface area (Å²) < 4.78 is 1.55. The molecule has 8 heteroatoms. The summed E-state index contributed by atoms with van der Waals surface area (Å²) in [6.07, 6.45) is 0.882. The first kappa shape index (κ1) is 15.9. The fourth-order valence-electron chi connectivity index (χ4n) is 2.05. The van der Waals surface area contributed by atoms with Gasteiger partial charge in [0.25, 0.3) is 0 Å². The molecule has 1 aromatic heterocycles. The average Bonchev–Trinajstić information content (AvgIpc) is 2.68. The van der Waals surface area contributed by atoms with Crippen LogP contribution in [0.3, 0.4) is 0 Å². The number of nitro groups is 1. The van der Waals surface area contributed by atoms with Crippen molar-refractivity contribution in [2.24, 2.45) is 12.5 Å². The molecule has 0 spiro atoms. The van der Waals surface area contributed by atoms with E-state index in [-0.39, 0.29) is 18.2 Å². The Morgan fingerprint density at radius 2 is 2.05 bits per heavy atom. The molecule has 2 N–H and O–H groups in total. The van der Waals surface area contributed by atoms with Crippen molar-refractivity contribution in [3.8, 4) is 0 Å². The van der Waals surface area contributed by atoms with Crippen molar-refractivity contribution in [2.45, 2.75) is 33.6 Å². The standard InChI is InChI=1S/C12H20N4O4/c1-5-12(6-2,11(17)18)7-13-9-10(16(19)20)14-8(3)15(9)4/h13H,5-7H2,1-4H3,(H,17,18). The summed E-state index contributed by atoms with van der Waals surface area (Å²) in [6.45, 7) is 5.36. The van der Waals surface area contributed by atoms with Crippen LogP contribution in [-0.2, 0) is 11.8 Å². The number of nitrogens with zero attached hydrogens (tertiary/aromatic N) is 3. The Morgan fingerprint density at radius 3 is 2.45 bits per heavy atom. The van der Waals surface area contributed by atoms with Gasteiger partial charge >= 0.3 is 11.8 Å². The molecule has 0 aliphatic heterocycles. The van der Waals surface area contributed by atoms with Crippen LogP contribution >= 0.6 is 0 Å². The molecule has 8 nitrogen and oxygen atoms in total. The van der Waals surface area contributed by atoms with Gasteiger partial charge < -0.3 is 20.5 Å². The number of aliphatic carboxylic acids is 1. The number of imidazole rings is 1. The molecule has 1 heterocycles. The van der Waals surface area contributed by atoms with Crippen LogP contribution in [0.2, 0.25) is 0 Å². The first-order valence-electron chi connectivity index (χ1n) is 6.44. The summed E-state index contributed by atoms with van der Waals surface area (Å²) in [4.78, 5) is 25.7. The second kappa shape index (κ2) is 5.89. The Kier molecular flexibility index (Phi) is 4.69. The SMILES string of the molecule is CCC(CC)(CNc1c([N+](=O)[O-])nc(C)n1C)C(=O)O. The summed E-state index contributed by atoms with van der Waals surface area (Å²) in [5, 5.41) is 23.2. The third-order valence-electron chi connectivity index (χ3n) is 3.87. The van der Waals surface area contributed by atoms with Gasteiger partial charge in [-0.15, -0.1) is 0 Å². The lowest BCUT2D eigenvalue weighted by Crippen LogP contribution is -2.37. The van der Waals surface area contributed by atoms with Crippen LogP contribution in [0.5, 0.6) is 0 Å². The zero-order valence-electron chi connectivity index (χ0n) is 12.1. The number of carbonyl (C=O) groups is 1. The summed E-state index contributed by atoms with van der Waals surface area (Å²) in [7, 11) is 1.65. The maximum Gasteiger partial charge on any atom is 0.406 e. The van der Waals surface area contributed by atoms with Gasteiger partial charge in [-0.2, -0.15) is 0 Å². The second-order valence-corrected chi connectivity index (χ2v) is 4.79. The van der Waals surface area contributed by atoms with E-state index in [1.807, 2.05) is 0 Å². The van der Waals surface area contributed by atoms with Crippen LogP contribution < -0.4 is 5.32 Å². The monoisotopic (exact) mass is 284 g/mol. The van der Waals surface area contributed by atoms with Crippen LogP contribution in [-0.4, -0.2) is 32.1 Å². The minimum atomic E-state index is -0.938. The van der Waals surface area contributed by atoms with Gasteiger partial charge in [0.05, 0.1) is 5.41 Å². The quantitative estimate of drug-likeness (QED) is 0.584. The van der Waals surface area contributed by atoms with E-state index in [4.69, 9.17) is 0 Å². The van der Waals surface area contributed by atoms with Gasteiger partial charge in [-0.1, -0.05) is 13.8 Å². The largest absolute Gasteiger partial charge is 0.481 e. The minimum Gasteiger partial charge on any atom is -0.481 e. The number of rotatable bonds is 7. The summed E-state index contributed by atoms with van der Waals surface area (Å²) in [5.41, 5.74) is -0.938. The molecule has 0 aromatic carbocycles. The fourth-order valence-corrected chi connectivity index (χ4v) is 2.05. The number of hydrogen-bond donors (Lipinski definition) is 2. The van der Waals surface area contributed by atoms with Crippen LogP contribution in [0.15, 0.2) is 0 Å². The van der Waals surface area contributed by atoms with Crippen LogP contribution in [0, 0.1) is 22.5 Å². The summed E-state index contributed by atoms with van der Waals surface area (Å²) >= 11 is 0. The topological polar surface area (TPSA) is 110 Å². The third kappa shape index (κ3) is 2.73. The van der Waals surface area contributed by atoms with E-state index in [0.717, 1.165) is 0 Å². The number of anilines is 1. The molecule has 0 unspecified atom stereocenters. The molecule has 0 bridgehead atoms. The van der Waals surface area contributed by atoms with Gasteiger partial charge in [-0.3, -0.25) is 9.36 Å². The lowest BCUT2D eigenvalue weighted by atomic mass is 9.82. The van der Waals surface area contributed by atoms with Crippen molar-refractivity contribution in [3.63, 3.8) is 0 Å². The predicted molar refractivity (Wildman–Crippen MR) is 73.7 cm³/mol. The van der Waals surface area contributed by atoms with E-state index >= 15 is 0 Å². The molecule has 0 fully saturated rings. The molecule has 0 amide bonds. The molecule has 0 radical (unpaired) electrons. The summed E-state index contributed by atoms with van der Waals surface area (Å²) in [5.74, 6) is -0.457. The highest BCUT2D eigenvalue weighted by Crippen LogP contribution is 2.30. The van der Waals surface area contributed by atoms with Gasteiger partial charge in [0.1, 0.15) is 0 Å². The predicted octanol–water partition coefficient (Wildman–Crippen LogP) is 1.94. The maximum absolute atomic E-state index is 11.4. The maximum atomic E-state index is 11.4. The van der Waals surface area contributed by atoms with Crippen molar-refractivity contribution in [1.29, 1.82) is 0 Å². The minimum absolute atomic E-state index is 0.120.